The Morgan fingerprint density at radius 1 is 1.00 bits per heavy atom. The van der Waals surface area contributed by atoms with E-state index in [2.05, 4.69) is 29.8 Å². The van der Waals surface area contributed by atoms with E-state index in [4.69, 9.17) is 0 Å². The summed E-state index contributed by atoms with van der Waals surface area (Å²) in [6, 6.07) is 0. The van der Waals surface area contributed by atoms with E-state index in [0.717, 1.165) is 19.4 Å². The lowest BCUT2D eigenvalue weighted by Crippen LogP contribution is -2.36. The molecule has 0 saturated carbocycles. The van der Waals surface area contributed by atoms with Crippen molar-refractivity contribution in [1.82, 2.24) is 16.0 Å². The molecule has 3 N–H and O–H groups in total. The summed E-state index contributed by atoms with van der Waals surface area (Å²) < 4.78 is 0. The Kier molecular flexibility index (Phi) is 10.3. The summed E-state index contributed by atoms with van der Waals surface area (Å²) in [6.45, 7) is 8.51. The van der Waals surface area contributed by atoms with Gasteiger partial charge in [-0.05, 0) is 18.8 Å². The van der Waals surface area contributed by atoms with Crippen LogP contribution in [0.25, 0.3) is 0 Å². The van der Waals surface area contributed by atoms with Crippen molar-refractivity contribution < 1.29 is 9.59 Å². The van der Waals surface area contributed by atoms with Crippen molar-refractivity contribution in [1.29, 1.82) is 0 Å². The van der Waals surface area contributed by atoms with Gasteiger partial charge < -0.3 is 16.0 Å². The molecule has 0 heterocycles. The normalized spacial score (nSPS) is 10.4. The summed E-state index contributed by atoms with van der Waals surface area (Å²) in [6.07, 6.45) is 2.35. The first-order valence-electron chi connectivity index (χ1n) is 6.80. The van der Waals surface area contributed by atoms with Crippen molar-refractivity contribution in [3.8, 4) is 0 Å². The molecule has 0 aromatic heterocycles. The summed E-state index contributed by atoms with van der Waals surface area (Å²) in [4.78, 5) is 22.6. The average Bonchev–Trinajstić information content (AvgIpc) is 2.31. The average molecular weight is 257 g/mol. The first kappa shape index (κ1) is 16.9. The zero-order chi connectivity index (χ0) is 13.8. The van der Waals surface area contributed by atoms with Crippen LogP contribution in [0.2, 0.25) is 0 Å². The molecule has 0 rings (SSSR count). The van der Waals surface area contributed by atoms with E-state index in [1.807, 2.05) is 6.92 Å². The fourth-order valence-corrected chi connectivity index (χ4v) is 1.32. The minimum atomic E-state index is -0.00961. The van der Waals surface area contributed by atoms with Crippen LogP contribution in [0.5, 0.6) is 0 Å². The molecule has 0 bridgehead atoms. The van der Waals surface area contributed by atoms with Crippen LogP contribution in [-0.2, 0) is 9.59 Å². The van der Waals surface area contributed by atoms with Crippen LogP contribution in [0.3, 0.4) is 0 Å². The lowest BCUT2D eigenvalue weighted by Gasteiger charge is -2.08. The second-order valence-electron chi connectivity index (χ2n) is 4.81. The third kappa shape index (κ3) is 11.4. The van der Waals surface area contributed by atoms with Gasteiger partial charge >= 0.3 is 0 Å². The number of hydrogen-bond acceptors (Lipinski definition) is 3. The molecule has 5 heteroatoms. The van der Waals surface area contributed by atoms with Crippen LogP contribution in [0.1, 0.15) is 40.0 Å². The largest absolute Gasteiger partial charge is 0.356 e. The Labute approximate surface area is 110 Å². The first-order chi connectivity index (χ1) is 8.56. The molecule has 0 aliphatic rings. The Morgan fingerprint density at radius 2 is 1.67 bits per heavy atom. The van der Waals surface area contributed by atoms with Gasteiger partial charge in [-0.15, -0.1) is 0 Å². The summed E-state index contributed by atoms with van der Waals surface area (Å²) >= 11 is 0. The Hall–Kier alpha value is -1.10. The fourth-order valence-electron chi connectivity index (χ4n) is 1.32. The van der Waals surface area contributed by atoms with Gasteiger partial charge in [0.05, 0.1) is 6.54 Å². The van der Waals surface area contributed by atoms with E-state index in [1.54, 1.807) is 0 Å². The van der Waals surface area contributed by atoms with Gasteiger partial charge in [-0.25, -0.2) is 0 Å². The Balaban J connectivity index is 3.37. The number of carbonyl (C=O) groups is 2. The highest BCUT2D eigenvalue weighted by atomic mass is 16.2. The zero-order valence-electron chi connectivity index (χ0n) is 11.8. The molecule has 5 nitrogen and oxygen atoms in total. The molecule has 0 spiro atoms. The number of rotatable bonds is 10. The van der Waals surface area contributed by atoms with E-state index < -0.39 is 0 Å². The monoisotopic (exact) mass is 257 g/mol. The van der Waals surface area contributed by atoms with E-state index in [1.165, 1.54) is 0 Å². The van der Waals surface area contributed by atoms with Crippen molar-refractivity contribution in [2.24, 2.45) is 5.92 Å². The second-order valence-corrected chi connectivity index (χ2v) is 4.81. The maximum atomic E-state index is 11.4. The lowest BCUT2D eigenvalue weighted by atomic mass is 10.1. The van der Waals surface area contributed by atoms with Gasteiger partial charge in [-0.1, -0.05) is 20.8 Å². The van der Waals surface area contributed by atoms with Crippen molar-refractivity contribution in [2.45, 2.75) is 40.0 Å². The molecule has 0 unspecified atom stereocenters. The van der Waals surface area contributed by atoms with Gasteiger partial charge in [-0.3, -0.25) is 9.59 Å². The van der Waals surface area contributed by atoms with E-state index in [0.29, 0.717) is 25.4 Å². The predicted octanol–water partition coefficient (Wildman–Crippen LogP) is 0.655. The SMILES string of the molecule is CCCNC(=O)CCNCC(=O)NCCC(C)C. The summed E-state index contributed by atoms with van der Waals surface area (Å²) in [5.74, 6) is 0.620. The molecule has 0 aromatic carbocycles. The minimum absolute atomic E-state index is 0.00961. The molecule has 2 amide bonds. The minimum Gasteiger partial charge on any atom is -0.356 e. The molecule has 0 saturated heterocycles. The van der Waals surface area contributed by atoms with Gasteiger partial charge in [0.1, 0.15) is 0 Å². The molecule has 18 heavy (non-hydrogen) atoms. The van der Waals surface area contributed by atoms with Gasteiger partial charge in [-0.2, -0.15) is 0 Å². The topological polar surface area (TPSA) is 70.2 Å². The van der Waals surface area contributed by atoms with Crippen molar-refractivity contribution in [3.63, 3.8) is 0 Å². The maximum Gasteiger partial charge on any atom is 0.233 e. The molecular formula is C13H27N3O2. The van der Waals surface area contributed by atoms with Gasteiger partial charge in [0, 0.05) is 26.1 Å². The van der Waals surface area contributed by atoms with Crippen molar-refractivity contribution in [2.75, 3.05) is 26.2 Å². The predicted molar refractivity (Wildman–Crippen MR) is 73.3 cm³/mol. The van der Waals surface area contributed by atoms with Gasteiger partial charge in [0.15, 0.2) is 0 Å². The van der Waals surface area contributed by atoms with Gasteiger partial charge in [0.2, 0.25) is 11.8 Å². The fraction of sp³-hybridized carbons (Fsp3) is 0.846. The van der Waals surface area contributed by atoms with E-state index >= 15 is 0 Å². The molecule has 0 radical (unpaired) electrons. The Bertz CT molecular complexity index is 242. The van der Waals surface area contributed by atoms with Crippen LogP contribution in [-0.4, -0.2) is 38.0 Å². The summed E-state index contributed by atoms with van der Waals surface area (Å²) in [7, 11) is 0. The highest BCUT2D eigenvalue weighted by Gasteiger charge is 2.02. The first-order valence-corrected chi connectivity index (χ1v) is 6.80. The highest BCUT2D eigenvalue weighted by Crippen LogP contribution is 1.95. The number of carbonyl (C=O) groups excluding carboxylic acids is 2. The summed E-state index contributed by atoms with van der Waals surface area (Å²) in [5.41, 5.74) is 0. The van der Waals surface area contributed by atoms with Crippen LogP contribution in [0.15, 0.2) is 0 Å². The zero-order valence-corrected chi connectivity index (χ0v) is 11.8. The molecule has 0 aliphatic heterocycles. The molecule has 0 aromatic rings. The van der Waals surface area contributed by atoms with Crippen LogP contribution >= 0.6 is 0 Å². The molecule has 0 fully saturated rings. The van der Waals surface area contributed by atoms with Crippen LogP contribution in [0.4, 0.5) is 0 Å². The quantitative estimate of drug-likeness (QED) is 0.503. The van der Waals surface area contributed by atoms with Crippen LogP contribution < -0.4 is 16.0 Å². The standard InChI is InChI=1S/C13H27N3O2/c1-4-7-15-12(17)6-8-14-10-13(18)16-9-5-11(2)3/h11,14H,4-10H2,1-3H3,(H,15,17)(H,16,18). The number of amides is 2. The molecular weight excluding hydrogens is 230 g/mol. The third-order valence-electron chi connectivity index (χ3n) is 2.43. The van der Waals surface area contributed by atoms with Crippen molar-refractivity contribution in [3.05, 3.63) is 0 Å². The van der Waals surface area contributed by atoms with E-state index in [-0.39, 0.29) is 18.4 Å². The number of hydrogen-bond donors (Lipinski definition) is 3. The maximum absolute atomic E-state index is 11.4. The molecule has 0 aliphatic carbocycles. The summed E-state index contributed by atoms with van der Waals surface area (Å²) in [5, 5.41) is 8.58. The number of nitrogens with one attached hydrogen (secondary N) is 3. The van der Waals surface area contributed by atoms with Crippen LogP contribution in [0, 0.1) is 5.92 Å². The third-order valence-corrected chi connectivity index (χ3v) is 2.43. The second kappa shape index (κ2) is 11.0. The van der Waals surface area contributed by atoms with E-state index in [9.17, 15) is 9.59 Å². The smallest absolute Gasteiger partial charge is 0.233 e. The molecule has 0 atom stereocenters. The Morgan fingerprint density at radius 3 is 2.28 bits per heavy atom. The van der Waals surface area contributed by atoms with Gasteiger partial charge in [0.25, 0.3) is 0 Å². The lowest BCUT2D eigenvalue weighted by molar-refractivity contribution is -0.122. The highest BCUT2D eigenvalue weighted by molar-refractivity contribution is 5.78. The molecule has 106 valence electrons. The van der Waals surface area contributed by atoms with Crippen molar-refractivity contribution >= 4 is 11.8 Å².